The zero-order valence-electron chi connectivity index (χ0n) is 12.0. The highest BCUT2D eigenvalue weighted by Crippen LogP contribution is 2.00. The number of nitrogens with zero attached hydrogens (tertiary/aromatic N) is 3. The zero-order chi connectivity index (χ0) is 14.2. The quantitative estimate of drug-likeness (QED) is 0.642. The van der Waals surface area contributed by atoms with Gasteiger partial charge in [0.25, 0.3) is 0 Å². The minimum atomic E-state index is 0.668. The van der Waals surface area contributed by atoms with Crippen LogP contribution in [0.4, 0.5) is 0 Å². The molecule has 0 unspecified atom stereocenters. The number of rotatable bonds is 5. The summed E-state index contributed by atoms with van der Waals surface area (Å²) in [6, 6.07) is 12.2. The number of hydrogen-bond donors (Lipinski definition) is 2. The minimum absolute atomic E-state index is 0.668. The number of hydrogen-bond acceptors (Lipinski definition) is 2. The first kappa shape index (κ1) is 14.1. The lowest BCUT2D eigenvalue weighted by Gasteiger charge is -2.11. The molecule has 0 atom stereocenters. The maximum atomic E-state index is 4.58. The molecule has 2 aromatic rings. The van der Waals surface area contributed by atoms with E-state index in [1.165, 1.54) is 5.56 Å². The number of nitrogens with one attached hydrogen (secondary N) is 2. The molecule has 0 spiro atoms. The van der Waals surface area contributed by atoms with Crippen LogP contribution in [-0.4, -0.2) is 22.3 Å². The Bertz CT molecular complexity index is 544. The Balaban J connectivity index is 1.94. The maximum absolute atomic E-state index is 4.58. The Hall–Kier alpha value is -2.30. The standard InChI is InChI=1S/C15H21N5/c1-3-16-15(17-11-13-7-5-4-6-8-13)18-12-14-9-10-19-20(14)2/h4-10H,3,11-12H2,1-2H3,(H2,16,17,18). The Kier molecular flexibility index (Phi) is 5.17. The Morgan fingerprint density at radius 3 is 2.65 bits per heavy atom. The van der Waals surface area contributed by atoms with Crippen LogP contribution in [0.5, 0.6) is 0 Å². The Morgan fingerprint density at radius 1 is 1.20 bits per heavy atom. The van der Waals surface area contributed by atoms with Crippen molar-refractivity contribution in [2.45, 2.75) is 20.0 Å². The summed E-state index contributed by atoms with van der Waals surface area (Å²) < 4.78 is 1.85. The number of guanidine groups is 1. The highest BCUT2D eigenvalue weighted by molar-refractivity contribution is 5.79. The van der Waals surface area contributed by atoms with Crippen molar-refractivity contribution in [1.29, 1.82) is 0 Å². The average molecular weight is 271 g/mol. The second kappa shape index (κ2) is 7.33. The van der Waals surface area contributed by atoms with Crippen molar-refractivity contribution < 1.29 is 0 Å². The predicted molar refractivity (Wildman–Crippen MR) is 81.3 cm³/mol. The van der Waals surface area contributed by atoms with E-state index in [1.54, 1.807) is 6.20 Å². The van der Waals surface area contributed by atoms with Gasteiger partial charge in [0.15, 0.2) is 5.96 Å². The van der Waals surface area contributed by atoms with Gasteiger partial charge in [-0.15, -0.1) is 0 Å². The molecule has 0 aliphatic heterocycles. The van der Waals surface area contributed by atoms with Gasteiger partial charge in [-0.2, -0.15) is 5.10 Å². The van der Waals surface area contributed by atoms with Gasteiger partial charge in [-0.1, -0.05) is 30.3 Å². The van der Waals surface area contributed by atoms with Gasteiger partial charge in [-0.05, 0) is 18.6 Å². The molecule has 1 aromatic carbocycles. The molecule has 20 heavy (non-hydrogen) atoms. The van der Waals surface area contributed by atoms with Crippen molar-refractivity contribution in [1.82, 2.24) is 20.4 Å². The molecule has 106 valence electrons. The van der Waals surface area contributed by atoms with Gasteiger partial charge in [-0.3, -0.25) is 4.68 Å². The second-order valence-corrected chi connectivity index (χ2v) is 4.48. The van der Waals surface area contributed by atoms with Crippen LogP contribution in [0.3, 0.4) is 0 Å². The van der Waals surface area contributed by atoms with E-state index in [0.29, 0.717) is 13.1 Å². The summed E-state index contributed by atoms with van der Waals surface area (Å²) in [6.45, 7) is 4.27. The van der Waals surface area contributed by atoms with Crippen molar-refractivity contribution in [3.05, 3.63) is 53.9 Å². The fraction of sp³-hybridized carbons (Fsp3) is 0.333. The molecule has 0 aliphatic carbocycles. The Labute approximate surface area is 119 Å². The van der Waals surface area contributed by atoms with Crippen LogP contribution in [0.25, 0.3) is 0 Å². The molecule has 0 aliphatic rings. The number of aliphatic imine (C=N–C) groups is 1. The van der Waals surface area contributed by atoms with Crippen molar-refractivity contribution in [3.63, 3.8) is 0 Å². The van der Waals surface area contributed by atoms with Crippen LogP contribution in [0, 0.1) is 0 Å². The first-order chi connectivity index (χ1) is 9.79. The zero-order valence-corrected chi connectivity index (χ0v) is 12.0. The lowest BCUT2D eigenvalue weighted by atomic mass is 10.2. The number of aryl methyl sites for hydroxylation is 1. The monoisotopic (exact) mass is 271 g/mol. The molecular weight excluding hydrogens is 250 g/mol. The molecule has 0 amide bonds. The van der Waals surface area contributed by atoms with E-state index in [2.05, 4.69) is 39.8 Å². The van der Waals surface area contributed by atoms with E-state index in [4.69, 9.17) is 0 Å². The van der Waals surface area contributed by atoms with Gasteiger partial charge in [0.05, 0.1) is 18.8 Å². The lowest BCUT2D eigenvalue weighted by Crippen LogP contribution is -2.37. The van der Waals surface area contributed by atoms with Crippen LogP contribution in [0.2, 0.25) is 0 Å². The molecule has 5 nitrogen and oxygen atoms in total. The van der Waals surface area contributed by atoms with Crippen molar-refractivity contribution in [3.8, 4) is 0 Å². The van der Waals surface area contributed by atoms with Crippen LogP contribution >= 0.6 is 0 Å². The van der Waals surface area contributed by atoms with Gasteiger partial charge in [0.2, 0.25) is 0 Å². The van der Waals surface area contributed by atoms with Crippen molar-refractivity contribution >= 4 is 5.96 Å². The highest BCUT2D eigenvalue weighted by Gasteiger charge is 2.01. The number of benzene rings is 1. The fourth-order valence-electron chi connectivity index (χ4n) is 1.84. The van der Waals surface area contributed by atoms with E-state index in [9.17, 15) is 0 Å². The SMILES string of the molecule is CCNC(=NCc1ccccc1)NCc1ccnn1C. The van der Waals surface area contributed by atoms with E-state index < -0.39 is 0 Å². The Morgan fingerprint density at radius 2 is 2.00 bits per heavy atom. The molecule has 0 saturated heterocycles. The predicted octanol–water partition coefficient (Wildman–Crippen LogP) is 1.68. The molecule has 2 N–H and O–H groups in total. The molecule has 2 rings (SSSR count). The van der Waals surface area contributed by atoms with E-state index >= 15 is 0 Å². The second-order valence-electron chi connectivity index (χ2n) is 4.48. The molecular formula is C15H21N5. The third-order valence-electron chi connectivity index (χ3n) is 2.97. The summed E-state index contributed by atoms with van der Waals surface area (Å²) in [5.74, 6) is 0.817. The molecule has 5 heteroatoms. The molecule has 0 fully saturated rings. The van der Waals surface area contributed by atoms with Crippen LogP contribution < -0.4 is 10.6 Å². The van der Waals surface area contributed by atoms with E-state index in [-0.39, 0.29) is 0 Å². The summed E-state index contributed by atoms with van der Waals surface area (Å²) in [7, 11) is 1.94. The fourth-order valence-corrected chi connectivity index (χ4v) is 1.84. The molecule has 0 bridgehead atoms. The summed E-state index contributed by atoms with van der Waals surface area (Å²) in [5.41, 5.74) is 2.32. The number of aromatic nitrogens is 2. The highest BCUT2D eigenvalue weighted by atomic mass is 15.3. The van der Waals surface area contributed by atoms with Crippen LogP contribution in [-0.2, 0) is 20.1 Å². The topological polar surface area (TPSA) is 54.2 Å². The largest absolute Gasteiger partial charge is 0.357 e. The first-order valence-corrected chi connectivity index (χ1v) is 6.82. The van der Waals surface area contributed by atoms with E-state index in [1.807, 2.05) is 36.0 Å². The lowest BCUT2D eigenvalue weighted by molar-refractivity contribution is 0.685. The third kappa shape index (κ3) is 4.12. The molecule has 0 radical (unpaired) electrons. The van der Waals surface area contributed by atoms with Gasteiger partial charge < -0.3 is 10.6 Å². The normalized spacial score (nSPS) is 11.4. The van der Waals surface area contributed by atoms with Crippen molar-refractivity contribution in [2.75, 3.05) is 6.54 Å². The summed E-state index contributed by atoms with van der Waals surface area (Å²) >= 11 is 0. The van der Waals surface area contributed by atoms with Gasteiger partial charge in [-0.25, -0.2) is 4.99 Å². The summed E-state index contributed by atoms with van der Waals surface area (Å²) in [4.78, 5) is 4.58. The van der Waals surface area contributed by atoms with Crippen molar-refractivity contribution in [2.24, 2.45) is 12.0 Å². The van der Waals surface area contributed by atoms with Gasteiger partial charge >= 0.3 is 0 Å². The molecule has 1 aromatic heterocycles. The first-order valence-electron chi connectivity index (χ1n) is 6.82. The minimum Gasteiger partial charge on any atom is -0.357 e. The smallest absolute Gasteiger partial charge is 0.191 e. The summed E-state index contributed by atoms with van der Waals surface area (Å²) in [5, 5.41) is 10.7. The maximum Gasteiger partial charge on any atom is 0.191 e. The van der Waals surface area contributed by atoms with E-state index in [0.717, 1.165) is 18.2 Å². The van der Waals surface area contributed by atoms with Gasteiger partial charge in [0, 0.05) is 19.8 Å². The third-order valence-corrected chi connectivity index (χ3v) is 2.97. The molecule has 1 heterocycles. The molecule has 0 saturated carbocycles. The van der Waals surface area contributed by atoms with Crippen LogP contribution in [0.1, 0.15) is 18.2 Å². The van der Waals surface area contributed by atoms with Crippen LogP contribution in [0.15, 0.2) is 47.6 Å². The van der Waals surface area contributed by atoms with Gasteiger partial charge in [0.1, 0.15) is 0 Å². The average Bonchev–Trinajstić information content (AvgIpc) is 2.88. The summed E-state index contributed by atoms with van der Waals surface area (Å²) in [6.07, 6.45) is 1.80.